The maximum atomic E-state index is 12.5. The molecule has 1 aromatic heterocycles. The molecule has 1 amide bonds. The first-order chi connectivity index (χ1) is 10.8. The summed E-state index contributed by atoms with van der Waals surface area (Å²) in [5.74, 6) is 2.25. The van der Waals surface area contributed by atoms with Crippen molar-refractivity contribution in [1.82, 2.24) is 14.8 Å². The van der Waals surface area contributed by atoms with E-state index in [4.69, 9.17) is 9.47 Å². The van der Waals surface area contributed by atoms with Crippen LogP contribution in [0.1, 0.15) is 18.4 Å². The van der Waals surface area contributed by atoms with E-state index >= 15 is 0 Å². The van der Waals surface area contributed by atoms with Gasteiger partial charge in [0.2, 0.25) is 18.6 Å². The Morgan fingerprint density at radius 2 is 2.14 bits per heavy atom. The summed E-state index contributed by atoms with van der Waals surface area (Å²) >= 11 is 0. The van der Waals surface area contributed by atoms with Gasteiger partial charge in [0.05, 0.1) is 0 Å². The quantitative estimate of drug-likeness (QED) is 0.856. The Bertz CT molecular complexity index is 713. The molecule has 4 rings (SSSR count). The molecule has 2 aromatic rings. The number of amides is 1. The fraction of sp³-hybridized carbons (Fsp3) is 0.400. The number of aromatic nitrogens is 3. The van der Waals surface area contributed by atoms with Gasteiger partial charge in [-0.2, -0.15) is 10.1 Å². The van der Waals surface area contributed by atoms with Crippen LogP contribution in [-0.4, -0.2) is 34.0 Å². The van der Waals surface area contributed by atoms with Gasteiger partial charge in [0.25, 0.3) is 0 Å². The second-order valence-electron chi connectivity index (χ2n) is 5.37. The zero-order valence-corrected chi connectivity index (χ0v) is 12.1. The minimum atomic E-state index is 0.0756. The van der Waals surface area contributed by atoms with Gasteiger partial charge in [0.15, 0.2) is 11.5 Å². The SMILES string of the molecule is O=C(CCc1ccc2c(c1)OCO2)N1CCCn2ncnc21. The Labute approximate surface area is 127 Å². The molecule has 114 valence electrons. The van der Waals surface area contributed by atoms with Gasteiger partial charge < -0.3 is 9.47 Å². The minimum absolute atomic E-state index is 0.0756. The van der Waals surface area contributed by atoms with E-state index in [9.17, 15) is 4.79 Å². The number of nitrogens with zero attached hydrogens (tertiary/aromatic N) is 4. The van der Waals surface area contributed by atoms with Gasteiger partial charge in [-0.25, -0.2) is 4.68 Å². The summed E-state index contributed by atoms with van der Waals surface area (Å²) in [6, 6.07) is 5.80. The molecular weight excluding hydrogens is 284 g/mol. The van der Waals surface area contributed by atoms with Crippen LogP contribution in [0.25, 0.3) is 0 Å². The lowest BCUT2D eigenvalue weighted by Gasteiger charge is -2.26. The summed E-state index contributed by atoms with van der Waals surface area (Å²) < 4.78 is 12.4. The Hall–Kier alpha value is -2.57. The number of hydrogen-bond donors (Lipinski definition) is 0. The second kappa shape index (κ2) is 5.32. The molecule has 0 unspecified atom stereocenters. The molecule has 7 nitrogen and oxygen atoms in total. The third kappa shape index (κ3) is 2.28. The van der Waals surface area contributed by atoms with Crippen LogP contribution < -0.4 is 14.4 Å². The Kier molecular flexibility index (Phi) is 3.17. The van der Waals surface area contributed by atoms with E-state index in [1.165, 1.54) is 6.33 Å². The van der Waals surface area contributed by atoms with E-state index in [0.29, 0.717) is 25.3 Å². The van der Waals surface area contributed by atoms with E-state index in [-0.39, 0.29) is 12.7 Å². The molecule has 7 heteroatoms. The van der Waals surface area contributed by atoms with Crippen LogP contribution in [0.15, 0.2) is 24.5 Å². The van der Waals surface area contributed by atoms with Crippen molar-refractivity contribution in [3.63, 3.8) is 0 Å². The van der Waals surface area contributed by atoms with Crippen LogP contribution in [-0.2, 0) is 17.8 Å². The van der Waals surface area contributed by atoms with Crippen LogP contribution in [0.3, 0.4) is 0 Å². The normalized spacial score (nSPS) is 15.7. The number of anilines is 1. The molecule has 0 N–H and O–H groups in total. The maximum Gasteiger partial charge on any atom is 0.231 e. The number of carbonyl (C=O) groups is 1. The molecule has 0 radical (unpaired) electrons. The second-order valence-corrected chi connectivity index (χ2v) is 5.37. The zero-order chi connectivity index (χ0) is 14.9. The van der Waals surface area contributed by atoms with Crippen molar-refractivity contribution in [3.8, 4) is 11.5 Å². The van der Waals surface area contributed by atoms with Gasteiger partial charge >= 0.3 is 0 Å². The predicted octanol–water partition coefficient (Wildman–Crippen LogP) is 1.38. The summed E-state index contributed by atoms with van der Waals surface area (Å²) in [7, 11) is 0. The molecule has 3 heterocycles. The van der Waals surface area contributed by atoms with Crippen molar-refractivity contribution in [2.45, 2.75) is 25.8 Å². The highest BCUT2D eigenvalue weighted by atomic mass is 16.7. The average Bonchev–Trinajstić information content (AvgIpc) is 3.20. The number of ether oxygens (including phenoxy) is 2. The van der Waals surface area contributed by atoms with Gasteiger partial charge in [-0.05, 0) is 30.5 Å². The fourth-order valence-corrected chi connectivity index (χ4v) is 2.82. The molecule has 22 heavy (non-hydrogen) atoms. The van der Waals surface area contributed by atoms with Crippen molar-refractivity contribution in [3.05, 3.63) is 30.1 Å². The summed E-state index contributed by atoms with van der Waals surface area (Å²) in [5.41, 5.74) is 1.07. The van der Waals surface area contributed by atoms with Crippen LogP contribution in [0.4, 0.5) is 5.95 Å². The number of hydrogen-bond acceptors (Lipinski definition) is 5. The van der Waals surface area contributed by atoms with Gasteiger partial charge in [-0.1, -0.05) is 6.07 Å². The Balaban J connectivity index is 1.43. The molecule has 2 aliphatic rings. The van der Waals surface area contributed by atoms with Gasteiger partial charge in [-0.15, -0.1) is 0 Å². The number of benzene rings is 1. The van der Waals surface area contributed by atoms with Crippen LogP contribution in [0.5, 0.6) is 11.5 Å². The summed E-state index contributed by atoms with van der Waals surface area (Å²) in [4.78, 5) is 18.4. The van der Waals surface area contributed by atoms with Crippen LogP contribution in [0.2, 0.25) is 0 Å². The van der Waals surface area contributed by atoms with E-state index in [2.05, 4.69) is 10.1 Å². The molecule has 0 aliphatic carbocycles. The molecule has 0 bridgehead atoms. The standard InChI is InChI=1S/C15H16N4O3/c20-14(18-6-1-7-19-15(18)16-9-17-19)5-3-11-2-4-12-13(8-11)22-10-21-12/h2,4,8-9H,1,3,5-7,10H2. The van der Waals surface area contributed by atoms with Crippen molar-refractivity contribution < 1.29 is 14.3 Å². The predicted molar refractivity (Wildman–Crippen MR) is 77.9 cm³/mol. The smallest absolute Gasteiger partial charge is 0.231 e. The lowest BCUT2D eigenvalue weighted by Crippen LogP contribution is -2.38. The third-order valence-electron chi connectivity index (χ3n) is 3.95. The monoisotopic (exact) mass is 300 g/mol. The molecule has 2 aliphatic heterocycles. The van der Waals surface area contributed by atoms with E-state index in [1.807, 2.05) is 18.2 Å². The molecule has 0 fully saturated rings. The van der Waals surface area contributed by atoms with Crippen LogP contribution >= 0.6 is 0 Å². The largest absolute Gasteiger partial charge is 0.454 e. The summed E-state index contributed by atoms with van der Waals surface area (Å²) in [6.45, 7) is 1.79. The van der Waals surface area contributed by atoms with Crippen LogP contribution in [0, 0.1) is 0 Å². The van der Waals surface area contributed by atoms with Crippen molar-refractivity contribution in [1.29, 1.82) is 0 Å². The molecular formula is C15H16N4O3. The van der Waals surface area contributed by atoms with E-state index < -0.39 is 0 Å². The Morgan fingerprint density at radius 1 is 1.23 bits per heavy atom. The minimum Gasteiger partial charge on any atom is -0.454 e. The first-order valence-corrected chi connectivity index (χ1v) is 7.38. The molecule has 0 saturated carbocycles. The zero-order valence-electron chi connectivity index (χ0n) is 12.1. The number of aryl methyl sites for hydroxylation is 2. The average molecular weight is 300 g/mol. The number of fused-ring (bicyclic) bond motifs is 2. The fourth-order valence-electron chi connectivity index (χ4n) is 2.82. The third-order valence-corrected chi connectivity index (χ3v) is 3.95. The lowest BCUT2D eigenvalue weighted by atomic mass is 10.1. The highest BCUT2D eigenvalue weighted by molar-refractivity contribution is 5.91. The van der Waals surface area contributed by atoms with E-state index in [0.717, 1.165) is 30.0 Å². The Morgan fingerprint density at radius 3 is 3.09 bits per heavy atom. The first-order valence-electron chi connectivity index (χ1n) is 7.38. The van der Waals surface area contributed by atoms with Gasteiger partial charge in [0.1, 0.15) is 6.33 Å². The van der Waals surface area contributed by atoms with Crippen molar-refractivity contribution >= 4 is 11.9 Å². The van der Waals surface area contributed by atoms with Crippen molar-refractivity contribution in [2.75, 3.05) is 18.2 Å². The molecule has 1 aromatic carbocycles. The maximum absolute atomic E-state index is 12.5. The lowest BCUT2D eigenvalue weighted by molar-refractivity contribution is -0.118. The van der Waals surface area contributed by atoms with E-state index in [1.54, 1.807) is 9.58 Å². The number of carbonyl (C=O) groups excluding carboxylic acids is 1. The van der Waals surface area contributed by atoms with Gasteiger partial charge in [0, 0.05) is 19.5 Å². The topological polar surface area (TPSA) is 69.5 Å². The molecule has 0 saturated heterocycles. The van der Waals surface area contributed by atoms with Gasteiger partial charge in [-0.3, -0.25) is 9.69 Å². The number of rotatable bonds is 3. The molecule has 0 atom stereocenters. The first kappa shape index (κ1) is 13.1. The highest BCUT2D eigenvalue weighted by Crippen LogP contribution is 2.32. The molecule has 0 spiro atoms. The van der Waals surface area contributed by atoms with Crippen molar-refractivity contribution in [2.24, 2.45) is 0 Å². The highest BCUT2D eigenvalue weighted by Gasteiger charge is 2.24. The summed E-state index contributed by atoms with van der Waals surface area (Å²) in [5, 5.41) is 4.13. The summed E-state index contributed by atoms with van der Waals surface area (Å²) in [6.07, 6.45) is 3.51.